The molecule has 0 saturated carbocycles. The first-order valence-corrected chi connectivity index (χ1v) is 9.35. The second-order valence-corrected chi connectivity index (χ2v) is 7.45. The predicted octanol–water partition coefficient (Wildman–Crippen LogP) is 2.89. The van der Waals surface area contributed by atoms with Gasteiger partial charge in [0.2, 0.25) is 0 Å². The Morgan fingerprint density at radius 2 is 2.14 bits per heavy atom. The molecule has 0 aliphatic carbocycles. The first kappa shape index (κ1) is 18.2. The summed E-state index contributed by atoms with van der Waals surface area (Å²) in [5, 5.41) is 17.5. The minimum absolute atomic E-state index is 0.0723. The number of benzene rings is 1. The Labute approximate surface area is 161 Å². The van der Waals surface area contributed by atoms with Crippen LogP contribution in [0.1, 0.15) is 45.0 Å². The lowest BCUT2D eigenvalue weighted by molar-refractivity contribution is 0.0628. The van der Waals surface area contributed by atoms with Gasteiger partial charge in [0.1, 0.15) is 5.58 Å². The van der Waals surface area contributed by atoms with Crippen LogP contribution in [0, 0.1) is 19.8 Å². The molecule has 28 heavy (non-hydrogen) atoms. The molecular formula is C20H22N4O4. The minimum Gasteiger partial charge on any atom is -0.476 e. The van der Waals surface area contributed by atoms with E-state index in [1.807, 2.05) is 36.9 Å². The van der Waals surface area contributed by atoms with Crippen molar-refractivity contribution >= 4 is 22.8 Å². The Kier molecular flexibility index (Phi) is 4.62. The minimum atomic E-state index is -1.10. The zero-order valence-corrected chi connectivity index (χ0v) is 15.9. The number of aryl methyl sites for hydroxylation is 2. The van der Waals surface area contributed by atoms with Gasteiger partial charge in [-0.1, -0.05) is 17.3 Å². The van der Waals surface area contributed by atoms with E-state index in [2.05, 4.69) is 10.3 Å². The van der Waals surface area contributed by atoms with Gasteiger partial charge >= 0.3 is 5.97 Å². The number of fused-ring (bicyclic) bond motifs is 1. The summed E-state index contributed by atoms with van der Waals surface area (Å²) in [5.41, 5.74) is 2.62. The van der Waals surface area contributed by atoms with Crippen molar-refractivity contribution in [3.63, 3.8) is 0 Å². The molecule has 1 amide bonds. The normalized spacial score (nSPS) is 17.2. The fourth-order valence-corrected chi connectivity index (χ4v) is 3.83. The first-order valence-electron chi connectivity index (χ1n) is 9.35. The van der Waals surface area contributed by atoms with Gasteiger partial charge in [-0.25, -0.2) is 4.79 Å². The average molecular weight is 382 g/mol. The van der Waals surface area contributed by atoms with E-state index in [1.165, 1.54) is 10.9 Å². The van der Waals surface area contributed by atoms with E-state index in [9.17, 15) is 9.59 Å². The fraction of sp³-hybridized carbons (Fsp3) is 0.400. The molecule has 1 N–H and O–H groups in total. The zero-order valence-electron chi connectivity index (χ0n) is 15.9. The third kappa shape index (κ3) is 3.37. The molecule has 2 aromatic heterocycles. The second-order valence-electron chi connectivity index (χ2n) is 7.45. The quantitative estimate of drug-likeness (QED) is 0.744. The summed E-state index contributed by atoms with van der Waals surface area (Å²) in [7, 11) is 0. The van der Waals surface area contributed by atoms with Crippen LogP contribution in [0.2, 0.25) is 0 Å². The van der Waals surface area contributed by atoms with E-state index >= 15 is 0 Å². The van der Waals surface area contributed by atoms with Crippen LogP contribution in [0.3, 0.4) is 0 Å². The van der Waals surface area contributed by atoms with E-state index in [1.54, 1.807) is 0 Å². The van der Waals surface area contributed by atoms with Crippen LogP contribution in [0.15, 0.2) is 28.8 Å². The van der Waals surface area contributed by atoms with Gasteiger partial charge in [0.25, 0.3) is 5.91 Å². The van der Waals surface area contributed by atoms with Gasteiger partial charge in [-0.05, 0) is 44.2 Å². The standard InChI is InChI=1S/C20H22N4O4/c1-12-5-6-15-13(2)18(28-17(15)8-12)19(25)23-7-3-4-14(9-23)10-24-11-16(20(26)27)21-22-24/h5-6,8,11,14H,3-4,7,9-10H2,1-2H3,(H,26,27)/t14-/m1/s1. The molecule has 146 valence electrons. The molecule has 3 aromatic rings. The van der Waals surface area contributed by atoms with Crippen LogP contribution in [-0.4, -0.2) is 50.0 Å². The monoisotopic (exact) mass is 382 g/mol. The molecule has 0 radical (unpaired) electrons. The van der Waals surface area contributed by atoms with Crippen molar-refractivity contribution < 1.29 is 19.1 Å². The number of carboxylic acids is 1. The number of aromatic carboxylic acids is 1. The molecule has 8 nitrogen and oxygen atoms in total. The number of hydrogen-bond donors (Lipinski definition) is 1. The van der Waals surface area contributed by atoms with E-state index in [0.29, 0.717) is 25.4 Å². The Balaban J connectivity index is 1.50. The lowest BCUT2D eigenvalue weighted by Crippen LogP contribution is -2.41. The number of furan rings is 1. The number of piperidine rings is 1. The van der Waals surface area contributed by atoms with Crippen LogP contribution in [0.5, 0.6) is 0 Å². The third-order valence-electron chi connectivity index (χ3n) is 5.30. The van der Waals surface area contributed by atoms with Crippen LogP contribution in [-0.2, 0) is 6.54 Å². The maximum absolute atomic E-state index is 13.1. The molecule has 1 aliphatic rings. The number of carboxylic acid groups (broad SMARTS) is 1. The van der Waals surface area contributed by atoms with Crippen LogP contribution < -0.4 is 0 Å². The maximum Gasteiger partial charge on any atom is 0.358 e. The lowest BCUT2D eigenvalue weighted by Gasteiger charge is -2.32. The summed E-state index contributed by atoms with van der Waals surface area (Å²) < 4.78 is 7.43. The van der Waals surface area contributed by atoms with Crippen molar-refractivity contribution in [2.75, 3.05) is 13.1 Å². The van der Waals surface area contributed by atoms with Crippen molar-refractivity contribution in [1.82, 2.24) is 19.9 Å². The van der Waals surface area contributed by atoms with Crippen molar-refractivity contribution in [2.45, 2.75) is 33.2 Å². The van der Waals surface area contributed by atoms with Crippen molar-refractivity contribution in [1.29, 1.82) is 0 Å². The van der Waals surface area contributed by atoms with Gasteiger partial charge in [0, 0.05) is 30.6 Å². The number of hydrogen-bond acceptors (Lipinski definition) is 5. The highest BCUT2D eigenvalue weighted by molar-refractivity contribution is 5.99. The number of rotatable bonds is 4. The van der Waals surface area contributed by atoms with Gasteiger partial charge in [-0.2, -0.15) is 0 Å². The van der Waals surface area contributed by atoms with Gasteiger partial charge in [-0.3, -0.25) is 9.48 Å². The van der Waals surface area contributed by atoms with Crippen molar-refractivity contribution in [3.8, 4) is 0 Å². The molecule has 8 heteroatoms. The summed E-state index contributed by atoms with van der Waals surface area (Å²) in [4.78, 5) is 25.9. The maximum atomic E-state index is 13.1. The highest BCUT2D eigenvalue weighted by atomic mass is 16.4. The molecule has 0 spiro atoms. The highest BCUT2D eigenvalue weighted by Crippen LogP contribution is 2.28. The number of aromatic nitrogens is 3. The smallest absolute Gasteiger partial charge is 0.358 e. The third-order valence-corrected chi connectivity index (χ3v) is 5.30. The van der Waals surface area contributed by atoms with Crippen LogP contribution >= 0.6 is 0 Å². The molecule has 4 rings (SSSR count). The van der Waals surface area contributed by atoms with Crippen LogP contribution in [0.25, 0.3) is 11.0 Å². The molecule has 0 unspecified atom stereocenters. The van der Waals surface area contributed by atoms with Gasteiger partial charge in [-0.15, -0.1) is 5.10 Å². The number of nitrogens with zero attached hydrogens (tertiary/aromatic N) is 4. The van der Waals surface area contributed by atoms with Gasteiger partial charge in [0.15, 0.2) is 11.5 Å². The van der Waals surface area contributed by atoms with Gasteiger partial charge < -0.3 is 14.4 Å². The molecule has 1 saturated heterocycles. The first-order chi connectivity index (χ1) is 13.4. The summed E-state index contributed by atoms with van der Waals surface area (Å²) in [6.45, 7) is 5.70. The molecule has 0 bridgehead atoms. The predicted molar refractivity (Wildman–Crippen MR) is 101 cm³/mol. The average Bonchev–Trinajstić information content (AvgIpc) is 3.26. The largest absolute Gasteiger partial charge is 0.476 e. The number of carbonyl (C=O) groups excluding carboxylic acids is 1. The Morgan fingerprint density at radius 3 is 2.89 bits per heavy atom. The topological polar surface area (TPSA) is 101 Å². The summed E-state index contributed by atoms with van der Waals surface area (Å²) >= 11 is 0. The van der Waals surface area contributed by atoms with Crippen molar-refractivity contribution in [2.24, 2.45) is 5.92 Å². The molecule has 1 aliphatic heterocycles. The zero-order chi connectivity index (χ0) is 19.8. The van der Waals surface area contributed by atoms with E-state index in [4.69, 9.17) is 9.52 Å². The fourth-order valence-electron chi connectivity index (χ4n) is 3.83. The molecule has 1 fully saturated rings. The molecule has 3 heterocycles. The van der Waals surface area contributed by atoms with Crippen molar-refractivity contribution in [3.05, 3.63) is 47.0 Å². The van der Waals surface area contributed by atoms with Gasteiger partial charge in [0.05, 0.1) is 6.20 Å². The Morgan fingerprint density at radius 1 is 1.32 bits per heavy atom. The van der Waals surface area contributed by atoms with E-state index in [-0.39, 0.29) is 17.5 Å². The van der Waals surface area contributed by atoms with E-state index in [0.717, 1.165) is 34.9 Å². The summed E-state index contributed by atoms with van der Waals surface area (Å²) in [6.07, 6.45) is 3.26. The second kappa shape index (κ2) is 7.10. The van der Waals surface area contributed by atoms with E-state index < -0.39 is 5.97 Å². The lowest BCUT2D eigenvalue weighted by atomic mass is 9.97. The Hall–Kier alpha value is -3.16. The Bertz CT molecular complexity index is 1050. The van der Waals surface area contributed by atoms with Crippen LogP contribution in [0.4, 0.5) is 0 Å². The molecule has 1 atom stereocenters. The number of amides is 1. The molecule has 1 aromatic carbocycles. The number of carbonyl (C=O) groups is 2. The highest BCUT2D eigenvalue weighted by Gasteiger charge is 2.28. The SMILES string of the molecule is Cc1ccc2c(C)c(C(=O)N3CCC[C@@H](Cn4cc(C(=O)O)nn4)C3)oc2c1. The summed E-state index contributed by atoms with van der Waals surface area (Å²) in [6, 6.07) is 5.95. The number of likely N-dealkylation sites (tertiary alicyclic amines) is 1. The molecular weight excluding hydrogens is 360 g/mol. The summed E-state index contributed by atoms with van der Waals surface area (Å²) in [5.74, 6) is -0.605.